The van der Waals surface area contributed by atoms with Crippen molar-refractivity contribution in [1.29, 1.82) is 0 Å². The lowest BCUT2D eigenvalue weighted by Crippen LogP contribution is -2.52. The summed E-state index contributed by atoms with van der Waals surface area (Å²) in [5, 5.41) is 4.63. The molecule has 4 rings (SSSR count). The molecule has 1 fully saturated rings. The van der Waals surface area contributed by atoms with E-state index in [4.69, 9.17) is 22.1 Å². The molecule has 1 aromatic carbocycles. The number of nitrogens with two attached hydrogens (primary N) is 1. The number of H-pyrrole nitrogens is 1. The zero-order chi connectivity index (χ0) is 25.9. The van der Waals surface area contributed by atoms with E-state index in [-0.39, 0.29) is 18.9 Å². The number of esters is 1. The first-order valence-corrected chi connectivity index (χ1v) is 12.5. The number of nitrogens with zero attached hydrogens (tertiary/aromatic N) is 3. The first-order chi connectivity index (χ1) is 17.1. The van der Waals surface area contributed by atoms with Crippen LogP contribution in [0.1, 0.15) is 51.6 Å². The third-order valence-electron chi connectivity index (χ3n) is 6.55. The lowest BCUT2D eigenvalue weighted by atomic mass is 9.74. The molecule has 36 heavy (non-hydrogen) atoms. The third kappa shape index (κ3) is 5.79. The molecule has 0 bridgehead atoms. The molecule has 3 aromatic rings. The fourth-order valence-electron chi connectivity index (χ4n) is 4.68. The number of amides is 1. The van der Waals surface area contributed by atoms with Gasteiger partial charge in [0.2, 0.25) is 5.91 Å². The van der Waals surface area contributed by atoms with Crippen LogP contribution in [-0.4, -0.2) is 52.1 Å². The number of hydrogen-bond acceptors (Lipinski definition) is 7. The largest absolute Gasteiger partial charge is 0.460 e. The first kappa shape index (κ1) is 25.9. The standard InChI is InChI=1S/C26H33ClN6O3/c1-25(2,3)36-21(34)14-26(24(35)32-20(15-28)17-4-6-18(27)7-5-17)9-12-33(13-10-26)23-19-8-11-29-22(19)30-16-31-23/h4-8,11,16,20H,9-10,12-15,28H2,1-3H3,(H,32,35)(H,29,30,31). The third-order valence-corrected chi connectivity index (χ3v) is 6.80. The van der Waals surface area contributed by atoms with Crippen LogP contribution in [0.15, 0.2) is 42.9 Å². The molecule has 3 heterocycles. The second kappa shape index (κ2) is 10.4. The number of aromatic amines is 1. The summed E-state index contributed by atoms with van der Waals surface area (Å²) in [6.45, 7) is 6.80. The Morgan fingerprint density at radius 3 is 2.53 bits per heavy atom. The molecule has 0 saturated carbocycles. The van der Waals surface area contributed by atoms with Gasteiger partial charge in [0.1, 0.15) is 23.4 Å². The Morgan fingerprint density at radius 2 is 1.89 bits per heavy atom. The number of anilines is 1. The van der Waals surface area contributed by atoms with Crippen molar-refractivity contribution < 1.29 is 14.3 Å². The summed E-state index contributed by atoms with van der Waals surface area (Å²) in [5.41, 5.74) is 6.08. The van der Waals surface area contributed by atoms with Gasteiger partial charge in [-0.3, -0.25) is 9.59 Å². The average molecular weight is 513 g/mol. The van der Waals surface area contributed by atoms with Crippen molar-refractivity contribution in [2.24, 2.45) is 11.1 Å². The minimum atomic E-state index is -0.928. The number of aromatic nitrogens is 3. The molecule has 1 atom stereocenters. The van der Waals surface area contributed by atoms with Crippen LogP contribution in [0, 0.1) is 5.41 Å². The van der Waals surface area contributed by atoms with Gasteiger partial charge in [-0.15, -0.1) is 0 Å². The van der Waals surface area contributed by atoms with E-state index in [0.717, 1.165) is 22.4 Å². The fraction of sp³-hybridized carbons (Fsp3) is 0.462. The number of carbonyl (C=O) groups excluding carboxylic acids is 2. The molecule has 1 amide bonds. The van der Waals surface area contributed by atoms with Crippen LogP contribution in [0.25, 0.3) is 11.0 Å². The SMILES string of the molecule is CC(C)(C)OC(=O)CC1(C(=O)NC(CN)c2ccc(Cl)cc2)CCN(c2ncnc3[nH]ccc23)CC1. The molecular formula is C26H33ClN6O3. The minimum absolute atomic E-state index is 0.00874. The van der Waals surface area contributed by atoms with Crippen LogP contribution in [0.3, 0.4) is 0 Å². The van der Waals surface area contributed by atoms with E-state index in [1.54, 1.807) is 12.1 Å². The van der Waals surface area contributed by atoms with Crippen molar-refractivity contribution in [2.45, 2.75) is 51.7 Å². The van der Waals surface area contributed by atoms with Gasteiger partial charge in [0, 0.05) is 30.9 Å². The van der Waals surface area contributed by atoms with Gasteiger partial charge in [-0.1, -0.05) is 23.7 Å². The summed E-state index contributed by atoms with van der Waals surface area (Å²) in [4.78, 5) is 40.7. The molecule has 4 N–H and O–H groups in total. The van der Waals surface area contributed by atoms with Gasteiger partial charge in [-0.25, -0.2) is 9.97 Å². The van der Waals surface area contributed by atoms with E-state index in [2.05, 4.69) is 25.2 Å². The molecule has 1 aliphatic heterocycles. The van der Waals surface area contributed by atoms with E-state index in [1.165, 1.54) is 6.33 Å². The highest BCUT2D eigenvalue weighted by atomic mass is 35.5. The van der Waals surface area contributed by atoms with Gasteiger partial charge in [-0.05, 0) is 57.4 Å². The van der Waals surface area contributed by atoms with Crippen LogP contribution in [-0.2, 0) is 14.3 Å². The predicted molar refractivity (Wildman–Crippen MR) is 140 cm³/mol. The molecule has 1 aliphatic rings. The predicted octanol–water partition coefficient (Wildman–Crippen LogP) is 3.75. The fourth-order valence-corrected chi connectivity index (χ4v) is 4.81. The zero-order valence-corrected chi connectivity index (χ0v) is 21.6. The summed E-state index contributed by atoms with van der Waals surface area (Å²) < 4.78 is 5.61. The Labute approximate surface area is 215 Å². The summed E-state index contributed by atoms with van der Waals surface area (Å²) in [6, 6.07) is 8.78. The number of rotatable bonds is 7. The molecule has 0 spiro atoms. The number of carbonyl (C=O) groups is 2. The number of hydrogen-bond donors (Lipinski definition) is 3. The van der Waals surface area contributed by atoms with Crippen molar-refractivity contribution in [3.8, 4) is 0 Å². The Balaban J connectivity index is 1.56. The number of fused-ring (bicyclic) bond motifs is 1. The molecule has 9 nitrogen and oxygen atoms in total. The van der Waals surface area contributed by atoms with E-state index >= 15 is 0 Å². The molecule has 0 radical (unpaired) electrons. The molecule has 192 valence electrons. The summed E-state index contributed by atoms with van der Waals surface area (Å²) in [5.74, 6) is 0.221. The maximum absolute atomic E-state index is 13.8. The maximum Gasteiger partial charge on any atom is 0.307 e. The van der Waals surface area contributed by atoms with Crippen LogP contribution in [0.2, 0.25) is 5.02 Å². The average Bonchev–Trinajstić information content (AvgIpc) is 3.31. The second-order valence-corrected chi connectivity index (χ2v) is 10.7. The van der Waals surface area contributed by atoms with E-state index in [9.17, 15) is 9.59 Å². The van der Waals surface area contributed by atoms with Gasteiger partial charge < -0.3 is 25.7 Å². The number of benzene rings is 1. The number of nitrogens with one attached hydrogen (secondary N) is 2. The van der Waals surface area contributed by atoms with Crippen LogP contribution >= 0.6 is 11.6 Å². The zero-order valence-electron chi connectivity index (χ0n) is 20.9. The van der Waals surface area contributed by atoms with Gasteiger partial charge in [-0.2, -0.15) is 0 Å². The normalized spacial score (nSPS) is 16.5. The molecular weight excluding hydrogens is 480 g/mol. The van der Waals surface area contributed by atoms with Gasteiger partial charge in [0.25, 0.3) is 0 Å². The topological polar surface area (TPSA) is 126 Å². The summed E-state index contributed by atoms with van der Waals surface area (Å²) >= 11 is 6.03. The molecule has 2 aromatic heterocycles. The Hall–Kier alpha value is -3.17. The molecule has 1 unspecified atom stereocenters. The van der Waals surface area contributed by atoms with Crippen molar-refractivity contribution >= 4 is 40.3 Å². The van der Waals surface area contributed by atoms with Gasteiger partial charge >= 0.3 is 5.97 Å². The van der Waals surface area contributed by atoms with Crippen molar-refractivity contribution in [1.82, 2.24) is 20.3 Å². The lowest BCUT2D eigenvalue weighted by molar-refractivity contribution is -0.161. The molecule has 10 heteroatoms. The molecule has 0 aliphatic carbocycles. The van der Waals surface area contributed by atoms with E-state index < -0.39 is 23.0 Å². The van der Waals surface area contributed by atoms with E-state index in [1.807, 2.05) is 45.2 Å². The first-order valence-electron chi connectivity index (χ1n) is 12.1. The smallest absolute Gasteiger partial charge is 0.307 e. The van der Waals surface area contributed by atoms with Crippen LogP contribution < -0.4 is 16.0 Å². The minimum Gasteiger partial charge on any atom is -0.460 e. The van der Waals surface area contributed by atoms with Crippen molar-refractivity contribution in [3.05, 3.63) is 53.4 Å². The number of halogens is 1. The van der Waals surface area contributed by atoms with E-state index in [0.29, 0.717) is 31.0 Å². The number of ether oxygens (including phenoxy) is 1. The lowest BCUT2D eigenvalue weighted by Gasteiger charge is -2.41. The highest BCUT2D eigenvalue weighted by molar-refractivity contribution is 6.30. The molecule has 1 saturated heterocycles. The Kier molecular flexibility index (Phi) is 7.51. The highest BCUT2D eigenvalue weighted by Gasteiger charge is 2.45. The van der Waals surface area contributed by atoms with Gasteiger partial charge in [0.15, 0.2) is 0 Å². The number of piperidine rings is 1. The van der Waals surface area contributed by atoms with Crippen molar-refractivity contribution in [2.75, 3.05) is 24.5 Å². The highest BCUT2D eigenvalue weighted by Crippen LogP contribution is 2.39. The summed E-state index contributed by atoms with van der Waals surface area (Å²) in [6.07, 6.45) is 4.28. The quantitative estimate of drug-likeness (QED) is 0.411. The van der Waals surface area contributed by atoms with Crippen molar-refractivity contribution in [3.63, 3.8) is 0 Å². The van der Waals surface area contributed by atoms with Crippen LogP contribution in [0.4, 0.5) is 5.82 Å². The Morgan fingerprint density at radius 1 is 1.19 bits per heavy atom. The Bertz CT molecular complexity index is 1210. The second-order valence-electron chi connectivity index (χ2n) is 10.3. The monoisotopic (exact) mass is 512 g/mol. The summed E-state index contributed by atoms with van der Waals surface area (Å²) in [7, 11) is 0. The van der Waals surface area contributed by atoms with Gasteiger partial charge in [0.05, 0.1) is 23.3 Å². The maximum atomic E-state index is 13.8. The van der Waals surface area contributed by atoms with Crippen LogP contribution in [0.5, 0.6) is 0 Å².